The van der Waals surface area contributed by atoms with Crippen LogP contribution in [0.15, 0.2) is 42.5 Å². The van der Waals surface area contributed by atoms with Crippen molar-refractivity contribution in [2.75, 3.05) is 30.9 Å². The summed E-state index contributed by atoms with van der Waals surface area (Å²) in [5.41, 5.74) is 1.57. The molecule has 1 fully saturated rings. The monoisotopic (exact) mass is 420 g/mol. The predicted molar refractivity (Wildman–Crippen MR) is 116 cm³/mol. The van der Waals surface area contributed by atoms with Gasteiger partial charge in [0.25, 0.3) is 0 Å². The molecule has 2 aromatic carbocycles. The molecule has 0 saturated carbocycles. The molecule has 0 spiro atoms. The molecule has 1 aliphatic rings. The van der Waals surface area contributed by atoms with Gasteiger partial charge in [-0.3, -0.25) is 0 Å². The Hall–Kier alpha value is -2.28. The number of rotatable bonds is 6. The summed E-state index contributed by atoms with van der Waals surface area (Å²) in [7, 11) is 1.62. The average Bonchev–Trinajstić information content (AvgIpc) is 3.20. The van der Waals surface area contributed by atoms with E-state index in [-0.39, 0.29) is 18.5 Å². The highest BCUT2D eigenvalue weighted by molar-refractivity contribution is 6.31. The molecule has 0 aliphatic carbocycles. The summed E-state index contributed by atoms with van der Waals surface area (Å²) >= 11 is 6.13. The summed E-state index contributed by atoms with van der Waals surface area (Å²) in [5.74, 6) is 1.92. The molecule has 6 nitrogen and oxygen atoms in total. The van der Waals surface area contributed by atoms with Crippen molar-refractivity contribution >= 4 is 52.4 Å². The van der Waals surface area contributed by atoms with Crippen LogP contribution in [0.5, 0.6) is 5.75 Å². The van der Waals surface area contributed by atoms with Crippen LogP contribution in [0.1, 0.15) is 12.8 Å². The normalized spacial score (nSPS) is 15.9. The Bertz CT molecular complexity index is 949. The average molecular weight is 421 g/mol. The number of fused-ring (bicyclic) bond motifs is 1. The Morgan fingerprint density at radius 3 is 2.86 bits per heavy atom. The number of para-hydroxylation sites is 1. The molecule has 0 radical (unpaired) electrons. The first kappa shape index (κ1) is 20.5. The van der Waals surface area contributed by atoms with Crippen molar-refractivity contribution in [3.05, 3.63) is 47.5 Å². The molecule has 4 rings (SSSR count). The summed E-state index contributed by atoms with van der Waals surface area (Å²) in [5, 5.41) is 8.22. The third-order valence-electron chi connectivity index (χ3n) is 4.53. The third-order valence-corrected chi connectivity index (χ3v) is 4.77. The number of hydrogen-bond donors (Lipinski definition) is 2. The first-order valence-corrected chi connectivity index (χ1v) is 9.33. The van der Waals surface area contributed by atoms with Crippen LogP contribution in [0.4, 0.5) is 17.5 Å². The van der Waals surface area contributed by atoms with Gasteiger partial charge in [-0.15, -0.1) is 12.4 Å². The Balaban J connectivity index is 0.00000225. The molecular formula is C20H22Cl2N4O2. The van der Waals surface area contributed by atoms with Gasteiger partial charge in [0.15, 0.2) is 0 Å². The number of nitrogens with one attached hydrogen (secondary N) is 2. The number of aromatic nitrogens is 2. The van der Waals surface area contributed by atoms with Gasteiger partial charge in [0.05, 0.1) is 24.4 Å². The molecule has 148 valence electrons. The SMILES string of the molecule is COc1ccc(Cl)cc1Nc1nc(NCC2CCCO2)c2ccccc2n1.Cl. The van der Waals surface area contributed by atoms with Gasteiger partial charge in [0, 0.05) is 23.6 Å². The number of hydrogen-bond acceptors (Lipinski definition) is 6. The van der Waals surface area contributed by atoms with Gasteiger partial charge in [0.2, 0.25) is 5.95 Å². The molecule has 1 aliphatic heterocycles. The van der Waals surface area contributed by atoms with Crippen LogP contribution >= 0.6 is 24.0 Å². The number of methoxy groups -OCH3 is 1. The maximum atomic E-state index is 6.13. The summed E-state index contributed by atoms with van der Waals surface area (Å²) in [6, 6.07) is 13.3. The Labute approximate surface area is 175 Å². The highest BCUT2D eigenvalue weighted by Crippen LogP contribution is 2.31. The molecule has 1 aromatic heterocycles. The van der Waals surface area contributed by atoms with Crippen LogP contribution in [0.3, 0.4) is 0 Å². The number of halogens is 2. The largest absolute Gasteiger partial charge is 0.495 e. The second-order valence-electron chi connectivity index (χ2n) is 6.40. The van der Waals surface area contributed by atoms with Crippen molar-refractivity contribution < 1.29 is 9.47 Å². The van der Waals surface area contributed by atoms with Gasteiger partial charge in [-0.1, -0.05) is 23.7 Å². The van der Waals surface area contributed by atoms with E-state index in [2.05, 4.69) is 20.6 Å². The first-order chi connectivity index (χ1) is 13.2. The van der Waals surface area contributed by atoms with Crippen LogP contribution in [0.25, 0.3) is 10.9 Å². The van der Waals surface area contributed by atoms with Gasteiger partial charge in [-0.05, 0) is 43.2 Å². The molecule has 0 amide bonds. The van der Waals surface area contributed by atoms with Crippen molar-refractivity contribution in [3.63, 3.8) is 0 Å². The highest BCUT2D eigenvalue weighted by atomic mass is 35.5. The quantitative estimate of drug-likeness (QED) is 0.581. The minimum atomic E-state index is 0. The van der Waals surface area contributed by atoms with E-state index < -0.39 is 0 Å². The van der Waals surface area contributed by atoms with Crippen LogP contribution in [0, 0.1) is 0 Å². The van der Waals surface area contributed by atoms with E-state index in [1.54, 1.807) is 19.2 Å². The van der Waals surface area contributed by atoms with Gasteiger partial charge >= 0.3 is 0 Å². The molecule has 1 atom stereocenters. The molecule has 2 N–H and O–H groups in total. The van der Waals surface area contributed by atoms with E-state index in [1.165, 1.54) is 0 Å². The molecule has 1 saturated heterocycles. The van der Waals surface area contributed by atoms with Crippen LogP contribution in [-0.4, -0.2) is 36.3 Å². The van der Waals surface area contributed by atoms with Gasteiger partial charge in [-0.25, -0.2) is 4.98 Å². The minimum Gasteiger partial charge on any atom is -0.495 e. The molecule has 1 unspecified atom stereocenters. The fourth-order valence-electron chi connectivity index (χ4n) is 3.18. The lowest BCUT2D eigenvalue weighted by molar-refractivity contribution is 0.120. The summed E-state index contributed by atoms with van der Waals surface area (Å²) in [6.45, 7) is 1.55. The summed E-state index contributed by atoms with van der Waals surface area (Å²) < 4.78 is 11.1. The zero-order valence-electron chi connectivity index (χ0n) is 15.4. The van der Waals surface area contributed by atoms with Crippen molar-refractivity contribution in [2.24, 2.45) is 0 Å². The Morgan fingerprint density at radius 1 is 1.21 bits per heavy atom. The van der Waals surface area contributed by atoms with Crippen molar-refractivity contribution in [1.29, 1.82) is 0 Å². The fourth-order valence-corrected chi connectivity index (χ4v) is 3.35. The molecule has 3 aromatic rings. The van der Waals surface area contributed by atoms with E-state index >= 15 is 0 Å². The third kappa shape index (κ3) is 4.58. The van der Waals surface area contributed by atoms with E-state index in [0.29, 0.717) is 22.4 Å². The molecular weight excluding hydrogens is 399 g/mol. The topological polar surface area (TPSA) is 68.3 Å². The standard InChI is InChI=1S/C20H21ClN4O2.ClH/c1-26-18-9-8-13(21)11-17(18)24-20-23-16-7-3-2-6-15(16)19(25-20)22-12-14-5-4-10-27-14;/h2-3,6-9,11,14H,4-5,10,12H2,1H3,(H2,22,23,24,25);1H. The fraction of sp³-hybridized carbons (Fsp3) is 0.300. The van der Waals surface area contributed by atoms with E-state index in [9.17, 15) is 0 Å². The van der Waals surface area contributed by atoms with Crippen LogP contribution < -0.4 is 15.4 Å². The summed E-state index contributed by atoms with van der Waals surface area (Å²) in [4.78, 5) is 9.30. The zero-order chi connectivity index (χ0) is 18.6. The maximum Gasteiger partial charge on any atom is 0.229 e. The predicted octanol–water partition coefficient (Wildman–Crippen LogP) is 5.05. The van der Waals surface area contributed by atoms with Gasteiger partial charge < -0.3 is 20.1 Å². The molecule has 0 bridgehead atoms. The minimum absolute atomic E-state index is 0. The number of anilines is 3. The lowest BCUT2D eigenvalue weighted by Gasteiger charge is -2.15. The van der Waals surface area contributed by atoms with Crippen molar-refractivity contribution in [2.45, 2.75) is 18.9 Å². The van der Waals surface area contributed by atoms with Crippen LogP contribution in [0.2, 0.25) is 5.02 Å². The number of benzene rings is 2. The van der Waals surface area contributed by atoms with Gasteiger partial charge in [0.1, 0.15) is 11.6 Å². The number of nitrogens with zero attached hydrogens (tertiary/aromatic N) is 2. The number of ether oxygens (including phenoxy) is 2. The van der Waals surface area contributed by atoms with Crippen molar-refractivity contribution in [1.82, 2.24) is 9.97 Å². The van der Waals surface area contributed by atoms with E-state index in [4.69, 9.17) is 21.1 Å². The van der Waals surface area contributed by atoms with Crippen molar-refractivity contribution in [3.8, 4) is 5.75 Å². The lowest BCUT2D eigenvalue weighted by atomic mass is 10.2. The smallest absolute Gasteiger partial charge is 0.229 e. The summed E-state index contributed by atoms with van der Waals surface area (Å²) in [6.07, 6.45) is 2.40. The zero-order valence-corrected chi connectivity index (χ0v) is 17.0. The van der Waals surface area contributed by atoms with E-state index in [0.717, 1.165) is 42.7 Å². The molecule has 8 heteroatoms. The first-order valence-electron chi connectivity index (χ1n) is 8.96. The Morgan fingerprint density at radius 2 is 2.07 bits per heavy atom. The second kappa shape index (κ2) is 9.28. The lowest BCUT2D eigenvalue weighted by Crippen LogP contribution is -2.19. The maximum absolute atomic E-state index is 6.13. The molecule has 28 heavy (non-hydrogen) atoms. The highest BCUT2D eigenvalue weighted by Gasteiger charge is 2.16. The second-order valence-corrected chi connectivity index (χ2v) is 6.83. The Kier molecular flexibility index (Phi) is 6.78. The van der Waals surface area contributed by atoms with E-state index in [1.807, 2.05) is 30.3 Å². The van der Waals surface area contributed by atoms with Gasteiger partial charge in [-0.2, -0.15) is 4.98 Å². The van der Waals surface area contributed by atoms with Crippen LogP contribution in [-0.2, 0) is 4.74 Å². The molecule has 2 heterocycles.